The number of nitrogens with zero attached hydrogens (tertiary/aromatic N) is 7. The van der Waals surface area contributed by atoms with E-state index in [2.05, 4.69) is 46.6 Å². The van der Waals surface area contributed by atoms with Gasteiger partial charge in [0, 0.05) is 36.2 Å². The van der Waals surface area contributed by atoms with E-state index < -0.39 is 5.41 Å². The number of aryl methyl sites for hydroxylation is 1. The Morgan fingerprint density at radius 1 is 1.18 bits per heavy atom. The van der Waals surface area contributed by atoms with Crippen molar-refractivity contribution in [1.82, 2.24) is 35.1 Å². The maximum atomic E-state index is 13.0. The van der Waals surface area contributed by atoms with Crippen LogP contribution in [-0.4, -0.2) is 80.7 Å². The van der Waals surface area contributed by atoms with Gasteiger partial charge < -0.3 is 25.0 Å². The lowest BCUT2D eigenvalue weighted by atomic mass is 9.61. The Morgan fingerprint density at radius 3 is 2.82 bits per heavy atom. The molecule has 13 nitrogen and oxygen atoms in total. The molecule has 4 atom stereocenters. The van der Waals surface area contributed by atoms with Gasteiger partial charge in [-0.3, -0.25) is 9.69 Å². The zero-order chi connectivity index (χ0) is 33.7. The maximum Gasteiger partial charge on any atom is 0.272 e. The van der Waals surface area contributed by atoms with Gasteiger partial charge in [0.25, 0.3) is 5.91 Å². The van der Waals surface area contributed by atoms with Gasteiger partial charge in [-0.15, -0.1) is 0 Å². The van der Waals surface area contributed by atoms with E-state index in [9.17, 15) is 10.1 Å². The number of nitriles is 1. The molecule has 8 rings (SSSR count). The van der Waals surface area contributed by atoms with Crippen LogP contribution in [0.3, 0.4) is 0 Å². The highest BCUT2D eigenvalue weighted by Gasteiger charge is 2.48. The first-order valence-corrected chi connectivity index (χ1v) is 17.4. The number of rotatable bonds is 7. The lowest BCUT2D eigenvalue weighted by molar-refractivity contribution is 0.0924. The Kier molecular flexibility index (Phi) is 8.08. The largest absolute Gasteiger partial charge is 0.473 e. The SMILES string of the molecule is CC(Oc1cc(-n2ccc(C(=O)NC3CCOC3)n2)nc(-c2noc3c2CCCC32CCCc3ccc(N)c(C#N)c32)n1)C1CCCN1C. The van der Waals surface area contributed by atoms with Gasteiger partial charge in [0.2, 0.25) is 5.88 Å². The number of fused-ring (bicyclic) bond motifs is 4. The average Bonchev–Trinajstić information content (AvgIpc) is 3.93. The smallest absolute Gasteiger partial charge is 0.272 e. The van der Waals surface area contributed by atoms with Gasteiger partial charge in [0.1, 0.15) is 12.2 Å². The molecule has 1 aromatic carbocycles. The summed E-state index contributed by atoms with van der Waals surface area (Å²) in [5, 5.41) is 22.4. The number of anilines is 1. The summed E-state index contributed by atoms with van der Waals surface area (Å²) < 4.78 is 19.8. The molecule has 4 aliphatic rings. The van der Waals surface area contributed by atoms with Crippen LogP contribution in [0.25, 0.3) is 17.3 Å². The highest BCUT2D eigenvalue weighted by molar-refractivity contribution is 5.92. The maximum absolute atomic E-state index is 13.0. The van der Waals surface area contributed by atoms with Crippen molar-refractivity contribution in [2.45, 2.75) is 88.3 Å². The zero-order valence-electron chi connectivity index (χ0n) is 27.9. The third kappa shape index (κ3) is 5.53. The van der Waals surface area contributed by atoms with Crippen molar-refractivity contribution in [1.29, 1.82) is 5.26 Å². The number of carbonyl (C=O) groups is 1. The summed E-state index contributed by atoms with van der Waals surface area (Å²) in [6, 6.07) is 9.94. The van der Waals surface area contributed by atoms with E-state index in [1.54, 1.807) is 23.0 Å². The van der Waals surface area contributed by atoms with Gasteiger partial charge in [0.05, 0.1) is 23.6 Å². The van der Waals surface area contributed by atoms with Gasteiger partial charge >= 0.3 is 0 Å². The predicted molar refractivity (Wildman–Crippen MR) is 179 cm³/mol. The average molecular weight is 664 g/mol. The standard InChI is InChI=1S/C36H41N9O4/c1-21(28-8-5-15-44(28)2)48-30-18-29(45-16-11-27(42-45)35(46)39-23-12-17-47-20-23)40-34(41-30)32-24-7-4-14-36(33(24)49-43-32)13-3-6-22-9-10-26(38)25(19-37)31(22)36/h9-11,16,18,21,23,28H,3-8,12-15,17,20,38H2,1-2H3,(H,39,46). The number of hydrogen-bond donors (Lipinski definition) is 2. The number of nitrogens with one attached hydrogen (secondary N) is 1. The highest BCUT2D eigenvalue weighted by Crippen LogP contribution is 2.53. The van der Waals surface area contributed by atoms with Crippen molar-refractivity contribution in [3.8, 4) is 29.3 Å². The first-order valence-electron chi connectivity index (χ1n) is 17.4. The first-order chi connectivity index (χ1) is 23.8. The van der Waals surface area contributed by atoms with Crippen LogP contribution in [0, 0.1) is 11.3 Å². The number of carbonyl (C=O) groups excluding carboxylic acids is 1. The fraction of sp³-hybridized carbons (Fsp3) is 0.500. The predicted octanol–water partition coefficient (Wildman–Crippen LogP) is 4.11. The second-order valence-electron chi connectivity index (χ2n) is 13.9. The Balaban J connectivity index is 1.19. The van der Waals surface area contributed by atoms with Gasteiger partial charge in [-0.25, -0.2) is 9.67 Å². The summed E-state index contributed by atoms with van der Waals surface area (Å²) in [7, 11) is 2.12. The molecule has 49 heavy (non-hydrogen) atoms. The number of hydrogen-bond acceptors (Lipinski definition) is 11. The minimum Gasteiger partial charge on any atom is -0.473 e. The summed E-state index contributed by atoms with van der Waals surface area (Å²) in [4.78, 5) is 25.1. The quantitative estimate of drug-likeness (QED) is 0.273. The number of benzene rings is 1. The third-order valence-electron chi connectivity index (χ3n) is 10.9. The topological polar surface area (TPSA) is 170 Å². The van der Waals surface area contributed by atoms with Crippen molar-refractivity contribution in [3.05, 3.63) is 64.2 Å². The molecule has 2 saturated heterocycles. The number of likely N-dealkylation sites (N-methyl/N-ethyl adjacent to an activating group) is 1. The number of amides is 1. The van der Waals surface area contributed by atoms with Crippen LogP contribution in [0.4, 0.5) is 5.69 Å². The monoisotopic (exact) mass is 663 g/mol. The summed E-state index contributed by atoms with van der Waals surface area (Å²) in [6.45, 7) is 4.22. The molecule has 0 radical (unpaired) electrons. The Labute approximate surface area is 284 Å². The molecular weight excluding hydrogens is 622 g/mol. The highest BCUT2D eigenvalue weighted by atomic mass is 16.5. The molecule has 0 bridgehead atoms. The second kappa shape index (κ2) is 12.6. The number of nitrogens with two attached hydrogens (primary N) is 1. The van der Waals surface area contributed by atoms with E-state index in [1.165, 1.54) is 0 Å². The van der Waals surface area contributed by atoms with Crippen LogP contribution < -0.4 is 15.8 Å². The number of aromatic nitrogens is 5. The lowest BCUT2D eigenvalue weighted by Gasteiger charge is -2.41. The number of nitrogen functional groups attached to an aromatic ring is 1. The molecule has 3 aromatic heterocycles. The molecule has 1 amide bonds. The van der Waals surface area contributed by atoms with E-state index in [-0.39, 0.29) is 29.8 Å². The van der Waals surface area contributed by atoms with Crippen molar-refractivity contribution in [2.24, 2.45) is 0 Å². The van der Waals surface area contributed by atoms with Crippen LogP contribution in [-0.2, 0) is 23.0 Å². The molecule has 5 heterocycles. The molecular formula is C36H41N9O4. The Morgan fingerprint density at radius 2 is 2.04 bits per heavy atom. The second-order valence-corrected chi connectivity index (χ2v) is 13.9. The van der Waals surface area contributed by atoms with E-state index in [1.807, 2.05) is 6.07 Å². The van der Waals surface area contributed by atoms with Crippen LogP contribution in [0.15, 0.2) is 35.0 Å². The normalized spacial score (nSPS) is 23.9. The molecule has 2 aliphatic heterocycles. The van der Waals surface area contributed by atoms with Gasteiger partial charge in [-0.05, 0) is 102 Å². The van der Waals surface area contributed by atoms with E-state index >= 15 is 0 Å². The third-order valence-corrected chi connectivity index (χ3v) is 10.9. The van der Waals surface area contributed by atoms with Crippen LogP contribution >= 0.6 is 0 Å². The molecule has 4 unspecified atom stereocenters. The Bertz CT molecular complexity index is 1940. The van der Waals surface area contributed by atoms with Crippen molar-refractivity contribution in [2.75, 3.05) is 32.5 Å². The minimum atomic E-state index is -0.500. The van der Waals surface area contributed by atoms with Crippen LogP contribution in [0.1, 0.15) is 90.4 Å². The summed E-state index contributed by atoms with van der Waals surface area (Å²) in [6.07, 6.45) is 9.69. The van der Waals surface area contributed by atoms with Gasteiger partial charge in [-0.2, -0.15) is 15.3 Å². The molecule has 3 N–H and O–H groups in total. The van der Waals surface area contributed by atoms with E-state index in [0.29, 0.717) is 47.7 Å². The molecule has 0 saturated carbocycles. The number of ether oxygens (including phenoxy) is 2. The fourth-order valence-corrected chi connectivity index (χ4v) is 8.47. The molecule has 13 heteroatoms. The van der Waals surface area contributed by atoms with Crippen molar-refractivity contribution >= 4 is 11.6 Å². The number of likely N-dealkylation sites (tertiary alicyclic amines) is 1. The van der Waals surface area contributed by atoms with Crippen LogP contribution in [0.5, 0.6) is 5.88 Å². The van der Waals surface area contributed by atoms with Crippen molar-refractivity contribution < 1.29 is 18.8 Å². The Hall–Kier alpha value is -4.80. The molecule has 1 spiro atoms. The lowest BCUT2D eigenvalue weighted by Crippen LogP contribution is -2.38. The fourth-order valence-electron chi connectivity index (χ4n) is 8.47. The molecule has 2 aliphatic carbocycles. The minimum absolute atomic E-state index is 0.0306. The molecule has 4 aromatic rings. The van der Waals surface area contributed by atoms with E-state index in [0.717, 1.165) is 86.8 Å². The van der Waals surface area contributed by atoms with Gasteiger partial charge in [-0.1, -0.05) is 11.2 Å². The van der Waals surface area contributed by atoms with Gasteiger partial charge in [0.15, 0.2) is 28.8 Å². The van der Waals surface area contributed by atoms with E-state index in [4.69, 9.17) is 29.7 Å². The van der Waals surface area contributed by atoms with Crippen LogP contribution in [0.2, 0.25) is 0 Å². The first kappa shape index (κ1) is 31.5. The summed E-state index contributed by atoms with van der Waals surface area (Å²) in [5.74, 6) is 1.69. The summed E-state index contributed by atoms with van der Waals surface area (Å²) in [5.41, 5.74) is 10.8. The zero-order valence-corrected chi connectivity index (χ0v) is 27.9. The van der Waals surface area contributed by atoms with Crippen molar-refractivity contribution in [3.63, 3.8) is 0 Å². The molecule has 2 fully saturated rings. The molecule has 254 valence electrons. The summed E-state index contributed by atoms with van der Waals surface area (Å²) >= 11 is 0.